The molecular weight excluding hydrogens is 238 g/mol. The Morgan fingerprint density at radius 3 is 2.32 bits per heavy atom. The third kappa shape index (κ3) is 3.69. The van der Waals surface area contributed by atoms with E-state index in [1.54, 1.807) is 0 Å². The Balaban J connectivity index is 1.35. The van der Waals surface area contributed by atoms with E-state index in [9.17, 15) is 4.79 Å². The molecule has 3 fully saturated rings. The Kier molecular flexibility index (Phi) is 4.38. The van der Waals surface area contributed by atoms with Gasteiger partial charge < -0.3 is 10.2 Å². The summed E-state index contributed by atoms with van der Waals surface area (Å²) in [5, 5.41) is 3.42. The highest BCUT2D eigenvalue weighted by Crippen LogP contribution is 2.24. The molecular formula is C15H27N3O. The predicted molar refractivity (Wildman–Crippen MR) is 76.1 cm³/mol. The summed E-state index contributed by atoms with van der Waals surface area (Å²) in [6, 6.07) is 1.53. The van der Waals surface area contributed by atoms with Gasteiger partial charge in [-0.1, -0.05) is 12.8 Å². The van der Waals surface area contributed by atoms with Crippen LogP contribution in [0.1, 0.15) is 44.9 Å². The second-order valence-electron chi connectivity index (χ2n) is 6.33. The van der Waals surface area contributed by atoms with Crippen LogP contribution in [0.3, 0.4) is 0 Å². The lowest BCUT2D eigenvalue weighted by Crippen LogP contribution is -2.51. The number of amides is 1. The fraction of sp³-hybridized carbons (Fsp3) is 0.933. The minimum atomic E-state index is 0.347. The standard InChI is InChI=1S/C15H27N3O/c19-15(7-8-16-13-5-6-13)18-11-9-17(10-12-18)14-3-1-2-4-14/h13-14,16H,1-12H2. The molecule has 3 rings (SSSR count). The average Bonchev–Trinajstić information content (AvgIpc) is 3.10. The van der Waals surface area contributed by atoms with E-state index in [1.807, 2.05) is 0 Å². The van der Waals surface area contributed by atoms with Crippen molar-refractivity contribution in [3.8, 4) is 0 Å². The second kappa shape index (κ2) is 6.23. The molecule has 2 saturated carbocycles. The van der Waals surface area contributed by atoms with Gasteiger partial charge in [-0.2, -0.15) is 0 Å². The average molecular weight is 265 g/mol. The fourth-order valence-corrected chi connectivity index (χ4v) is 3.43. The van der Waals surface area contributed by atoms with Gasteiger partial charge in [0, 0.05) is 51.2 Å². The van der Waals surface area contributed by atoms with Gasteiger partial charge in [0.1, 0.15) is 0 Å². The van der Waals surface area contributed by atoms with Crippen molar-refractivity contribution >= 4 is 5.91 Å². The molecule has 0 unspecified atom stereocenters. The van der Waals surface area contributed by atoms with E-state index in [0.717, 1.165) is 38.8 Å². The largest absolute Gasteiger partial charge is 0.340 e. The minimum Gasteiger partial charge on any atom is -0.340 e. The molecule has 0 spiro atoms. The Bertz CT molecular complexity index is 303. The Morgan fingerprint density at radius 1 is 1.00 bits per heavy atom. The Morgan fingerprint density at radius 2 is 1.68 bits per heavy atom. The summed E-state index contributed by atoms with van der Waals surface area (Å²) in [5.41, 5.74) is 0. The van der Waals surface area contributed by atoms with Crippen LogP contribution in [0, 0.1) is 0 Å². The molecule has 1 N–H and O–H groups in total. The van der Waals surface area contributed by atoms with Gasteiger partial charge in [-0.15, -0.1) is 0 Å². The first-order valence-electron chi connectivity index (χ1n) is 8.08. The summed E-state index contributed by atoms with van der Waals surface area (Å²) >= 11 is 0. The highest BCUT2D eigenvalue weighted by Gasteiger charge is 2.27. The number of nitrogens with one attached hydrogen (secondary N) is 1. The molecule has 0 aromatic rings. The van der Waals surface area contributed by atoms with E-state index in [-0.39, 0.29) is 0 Å². The summed E-state index contributed by atoms with van der Waals surface area (Å²) in [6.07, 6.45) is 8.83. The van der Waals surface area contributed by atoms with Gasteiger partial charge in [-0.05, 0) is 25.7 Å². The highest BCUT2D eigenvalue weighted by molar-refractivity contribution is 5.76. The third-order valence-electron chi connectivity index (χ3n) is 4.86. The molecule has 3 aliphatic rings. The van der Waals surface area contributed by atoms with Crippen LogP contribution in [0.25, 0.3) is 0 Å². The maximum absolute atomic E-state index is 12.1. The smallest absolute Gasteiger partial charge is 0.223 e. The van der Waals surface area contributed by atoms with Crippen molar-refractivity contribution in [3.05, 3.63) is 0 Å². The number of carbonyl (C=O) groups is 1. The molecule has 1 saturated heterocycles. The Labute approximate surface area is 116 Å². The van der Waals surface area contributed by atoms with Crippen LogP contribution in [0.2, 0.25) is 0 Å². The monoisotopic (exact) mass is 265 g/mol. The van der Waals surface area contributed by atoms with E-state index in [1.165, 1.54) is 38.5 Å². The Hall–Kier alpha value is -0.610. The van der Waals surface area contributed by atoms with Gasteiger partial charge in [-0.25, -0.2) is 0 Å². The number of nitrogens with zero attached hydrogens (tertiary/aromatic N) is 2. The van der Waals surface area contributed by atoms with Gasteiger partial charge >= 0.3 is 0 Å². The molecule has 0 aromatic carbocycles. The molecule has 0 radical (unpaired) electrons. The van der Waals surface area contributed by atoms with Crippen molar-refractivity contribution in [1.82, 2.24) is 15.1 Å². The lowest BCUT2D eigenvalue weighted by atomic mass is 10.1. The quantitative estimate of drug-likeness (QED) is 0.812. The van der Waals surface area contributed by atoms with E-state index in [2.05, 4.69) is 15.1 Å². The fourth-order valence-electron chi connectivity index (χ4n) is 3.43. The molecule has 19 heavy (non-hydrogen) atoms. The van der Waals surface area contributed by atoms with Crippen LogP contribution in [0.5, 0.6) is 0 Å². The SMILES string of the molecule is O=C(CCNC1CC1)N1CCN(C2CCCC2)CC1. The number of carbonyl (C=O) groups excluding carboxylic acids is 1. The molecule has 0 bridgehead atoms. The number of hydrogen-bond acceptors (Lipinski definition) is 3. The van der Waals surface area contributed by atoms with Crippen molar-refractivity contribution in [2.75, 3.05) is 32.7 Å². The van der Waals surface area contributed by atoms with E-state index < -0.39 is 0 Å². The van der Waals surface area contributed by atoms with Gasteiger partial charge in [0.25, 0.3) is 0 Å². The topological polar surface area (TPSA) is 35.6 Å². The maximum atomic E-state index is 12.1. The van der Waals surface area contributed by atoms with E-state index in [4.69, 9.17) is 0 Å². The summed E-state index contributed by atoms with van der Waals surface area (Å²) < 4.78 is 0. The molecule has 4 heteroatoms. The normalized spacial score (nSPS) is 26.0. The van der Waals surface area contributed by atoms with Crippen LogP contribution in [-0.4, -0.2) is 60.5 Å². The first-order valence-corrected chi connectivity index (χ1v) is 8.08. The van der Waals surface area contributed by atoms with Gasteiger partial charge in [-0.3, -0.25) is 9.69 Å². The predicted octanol–water partition coefficient (Wildman–Crippen LogP) is 1.22. The minimum absolute atomic E-state index is 0.347. The molecule has 1 amide bonds. The van der Waals surface area contributed by atoms with Crippen molar-refractivity contribution in [2.45, 2.75) is 57.0 Å². The third-order valence-corrected chi connectivity index (χ3v) is 4.86. The number of rotatable bonds is 5. The zero-order valence-corrected chi connectivity index (χ0v) is 11.9. The molecule has 2 aliphatic carbocycles. The molecule has 1 heterocycles. The summed E-state index contributed by atoms with van der Waals surface area (Å²) in [5.74, 6) is 0.347. The van der Waals surface area contributed by atoms with Crippen molar-refractivity contribution < 1.29 is 4.79 Å². The van der Waals surface area contributed by atoms with Crippen LogP contribution >= 0.6 is 0 Å². The molecule has 0 atom stereocenters. The number of hydrogen-bond donors (Lipinski definition) is 1. The van der Waals surface area contributed by atoms with Crippen molar-refractivity contribution in [3.63, 3.8) is 0 Å². The van der Waals surface area contributed by atoms with E-state index in [0.29, 0.717) is 18.4 Å². The summed E-state index contributed by atoms with van der Waals surface area (Å²) in [4.78, 5) is 16.8. The maximum Gasteiger partial charge on any atom is 0.223 e. The second-order valence-corrected chi connectivity index (χ2v) is 6.33. The van der Waals surface area contributed by atoms with Crippen LogP contribution in [0.4, 0.5) is 0 Å². The molecule has 4 nitrogen and oxygen atoms in total. The highest BCUT2D eigenvalue weighted by atomic mass is 16.2. The van der Waals surface area contributed by atoms with Crippen LogP contribution in [-0.2, 0) is 4.79 Å². The van der Waals surface area contributed by atoms with Crippen molar-refractivity contribution in [1.29, 1.82) is 0 Å². The van der Waals surface area contributed by atoms with Gasteiger partial charge in [0.15, 0.2) is 0 Å². The van der Waals surface area contributed by atoms with Gasteiger partial charge in [0.05, 0.1) is 0 Å². The van der Waals surface area contributed by atoms with Crippen LogP contribution in [0.15, 0.2) is 0 Å². The van der Waals surface area contributed by atoms with Crippen molar-refractivity contribution in [2.24, 2.45) is 0 Å². The lowest BCUT2D eigenvalue weighted by Gasteiger charge is -2.38. The lowest BCUT2D eigenvalue weighted by molar-refractivity contribution is -0.133. The zero-order valence-electron chi connectivity index (χ0n) is 11.9. The molecule has 1 aliphatic heterocycles. The van der Waals surface area contributed by atoms with Crippen LogP contribution < -0.4 is 5.32 Å². The molecule has 0 aromatic heterocycles. The zero-order chi connectivity index (χ0) is 13.1. The summed E-state index contributed by atoms with van der Waals surface area (Å²) in [7, 11) is 0. The first kappa shape index (κ1) is 13.4. The molecule has 108 valence electrons. The van der Waals surface area contributed by atoms with E-state index >= 15 is 0 Å². The summed E-state index contributed by atoms with van der Waals surface area (Å²) in [6.45, 7) is 4.93. The van der Waals surface area contributed by atoms with Gasteiger partial charge in [0.2, 0.25) is 5.91 Å². The number of piperazine rings is 1. The first-order chi connectivity index (χ1) is 9.33.